The Morgan fingerprint density at radius 1 is 0.689 bits per heavy atom. The third kappa shape index (κ3) is 4.92. The molecule has 0 aliphatic carbocycles. The lowest BCUT2D eigenvalue weighted by Gasteiger charge is -2.20. The number of aromatic nitrogens is 4. The third-order valence-electron chi connectivity index (χ3n) is 8.95. The van der Waals surface area contributed by atoms with Crippen LogP contribution in [-0.4, -0.2) is 32.4 Å². The molecule has 0 N–H and O–H groups in total. The second kappa shape index (κ2) is 11.0. The number of nitrogens with zero attached hydrogens (tertiary/aromatic N) is 5. The lowest BCUT2D eigenvalue weighted by Crippen LogP contribution is -2.17. The Morgan fingerprint density at radius 2 is 1.47 bits per heavy atom. The number of hydrogen-bond acceptors (Lipinski definition) is 4. The molecule has 6 heteroatoms. The van der Waals surface area contributed by atoms with E-state index in [0.717, 1.165) is 58.1 Å². The Hall–Kier alpha value is -5.36. The standard InChI is InChI=1S/C39H35N5O/c1-26-15-16-40-38(19-26)44-36-12-5-4-11-34(36)35-14-13-33(23-37(35)44)45-32-10-8-9-30(22-32)43-25-29(24-41-43)39-27(2)20-31(21-28(39)3)42-17-6-7-18-42/h4-5,8-16,19-25H,6-7,17-18H2,1-3H3. The summed E-state index contributed by atoms with van der Waals surface area (Å²) in [6, 6.07) is 31.6. The highest BCUT2D eigenvalue weighted by atomic mass is 16.5. The first kappa shape index (κ1) is 27.2. The zero-order valence-electron chi connectivity index (χ0n) is 25.9. The van der Waals surface area contributed by atoms with Crippen molar-refractivity contribution in [3.63, 3.8) is 0 Å². The van der Waals surface area contributed by atoms with Gasteiger partial charge in [-0.15, -0.1) is 0 Å². The lowest BCUT2D eigenvalue weighted by molar-refractivity contribution is 0.483. The average Bonchev–Trinajstić information content (AvgIpc) is 3.81. The van der Waals surface area contributed by atoms with Gasteiger partial charge in [0.15, 0.2) is 0 Å². The molecule has 4 aromatic carbocycles. The molecular formula is C39H35N5O. The van der Waals surface area contributed by atoms with Gasteiger partial charge in [0.05, 0.1) is 22.9 Å². The number of benzene rings is 4. The van der Waals surface area contributed by atoms with Gasteiger partial charge < -0.3 is 9.64 Å². The Kier molecular flexibility index (Phi) is 6.63. The zero-order chi connectivity index (χ0) is 30.5. The second-order valence-corrected chi connectivity index (χ2v) is 12.1. The van der Waals surface area contributed by atoms with Crippen molar-refractivity contribution in [2.24, 2.45) is 0 Å². The van der Waals surface area contributed by atoms with Crippen LogP contribution in [0.3, 0.4) is 0 Å². The predicted octanol–water partition coefficient (Wildman–Crippen LogP) is 9.35. The van der Waals surface area contributed by atoms with Crippen molar-refractivity contribution < 1.29 is 4.74 Å². The largest absolute Gasteiger partial charge is 0.457 e. The molecule has 8 rings (SSSR count). The monoisotopic (exact) mass is 589 g/mol. The van der Waals surface area contributed by atoms with Crippen molar-refractivity contribution in [3.8, 4) is 34.1 Å². The summed E-state index contributed by atoms with van der Waals surface area (Å²) in [5, 5.41) is 7.11. The molecule has 0 amide bonds. The molecule has 6 nitrogen and oxygen atoms in total. The number of hydrogen-bond donors (Lipinski definition) is 0. The first-order valence-electron chi connectivity index (χ1n) is 15.7. The molecule has 0 spiro atoms. The highest BCUT2D eigenvalue weighted by Crippen LogP contribution is 2.36. The van der Waals surface area contributed by atoms with E-state index in [9.17, 15) is 0 Å². The Bertz CT molecular complexity index is 2180. The second-order valence-electron chi connectivity index (χ2n) is 12.1. The van der Waals surface area contributed by atoms with Crippen LogP contribution in [0.4, 0.5) is 5.69 Å². The molecule has 45 heavy (non-hydrogen) atoms. The van der Waals surface area contributed by atoms with Crippen LogP contribution in [-0.2, 0) is 0 Å². The summed E-state index contributed by atoms with van der Waals surface area (Å²) in [7, 11) is 0. The van der Waals surface area contributed by atoms with Crippen LogP contribution in [0.25, 0.3) is 44.4 Å². The fourth-order valence-corrected chi connectivity index (χ4v) is 6.88. The summed E-state index contributed by atoms with van der Waals surface area (Å²) in [6.07, 6.45) is 8.50. The minimum absolute atomic E-state index is 0.752. The summed E-state index contributed by atoms with van der Waals surface area (Å²) < 4.78 is 10.6. The van der Waals surface area contributed by atoms with E-state index < -0.39 is 0 Å². The topological polar surface area (TPSA) is 48.1 Å². The number of anilines is 1. The van der Waals surface area contributed by atoms with Gasteiger partial charge >= 0.3 is 0 Å². The van der Waals surface area contributed by atoms with Crippen LogP contribution in [0.2, 0.25) is 0 Å². The molecule has 0 radical (unpaired) electrons. The molecule has 0 atom stereocenters. The lowest BCUT2D eigenvalue weighted by atomic mass is 9.97. The highest BCUT2D eigenvalue weighted by Gasteiger charge is 2.17. The van der Waals surface area contributed by atoms with Crippen LogP contribution in [0.1, 0.15) is 29.5 Å². The molecule has 0 saturated carbocycles. The fourth-order valence-electron chi connectivity index (χ4n) is 6.88. The number of aryl methyl sites for hydroxylation is 3. The van der Waals surface area contributed by atoms with Gasteiger partial charge in [0.1, 0.15) is 17.3 Å². The van der Waals surface area contributed by atoms with Crippen LogP contribution in [0.5, 0.6) is 11.5 Å². The van der Waals surface area contributed by atoms with Crippen molar-refractivity contribution in [2.75, 3.05) is 18.0 Å². The van der Waals surface area contributed by atoms with Crippen molar-refractivity contribution in [1.82, 2.24) is 19.3 Å². The molecule has 1 saturated heterocycles. The summed E-state index contributed by atoms with van der Waals surface area (Å²) in [6.45, 7) is 8.81. The van der Waals surface area contributed by atoms with Gasteiger partial charge in [0.25, 0.3) is 0 Å². The van der Waals surface area contributed by atoms with Gasteiger partial charge in [-0.1, -0.05) is 24.3 Å². The summed E-state index contributed by atoms with van der Waals surface area (Å²) in [5.41, 5.74) is 10.6. The summed E-state index contributed by atoms with van der Waals surface area (Å²) >= 11 is 0. The van der Waals surface area contributed by atoms with Crippen molar-refractivity contribution >= 4 is 27.5 Å². The van der Waals surface area contributed by atoms with Crippen LogP contribution >= 0.6 is 0 Å². The van der Waals surface area contributed by atoms with Crippen LogP contribution in [0, 0.1) is 20.8 Å². The number of para-hydroxylation sites is 1. The van der Waals surface area contributed by atoms with Gasteiger partial charge in [-0.2, -0.15) is 5.10 Å². The summed E-state index contributed by atoms with van der Waals surface area (Å²) in [5.74, 6) is 2.41. The van der Waals surface area contributed by atoms with E-state index in [4.69, 9.17) is 14.8 Å². The van der Waals surface area contributed by atoms with E-state index in [1.165, 1.54) is 46.2 Å². The van der Waals surface area contributed by atoms with E-state index in [1.54, 1.807) is 0 Å². The summed E-state index contributed by atoms with van der Waals surface area (Å²) in [4.78, 5) is 7.20. The maximum Gasteiger partial charge on any atom is 0.137 e. The normalized spacial score (nSPS) is 13.3. The smallest absolute Gasteiger partial charge is 0.137 e. The average molecular weight is 590 g/mol. The predicted molar refractivity (Wildman–Crippen MR) is 183 cm³/mol. The Morgan fingerprint density at radius 3 is 2.29 bits per heavy atom. The molecule has 0 bridgehead atoms. The first-order valence-corrected chi connectivity index (χ1v) is 15.7. The van der Waals surface area contributed by atoms with Gasteiger partial charge in [-0.3, -0.25) is 4.57 Å². The van der Waals surface area contributed by atoms with Gasteiger partial charge in [0.2, 0.25) is 0 Å². The number of fused-ring (bicyclic) bond motifs is 3. The van der Waals surface area contributed by atoms with E-state index in [-0.39, 0.29) is 0 Å². The fraction of sp³-hybridized carbons (Fsp3) is 0.179. The van der Waals surface area contributed by atoms with Crippen molar-refractivity contribution in [3.05, 3.63) is 126 Å². The molecule has 7 aromatic rings. The molecular weight excluding hydrogens is 554 g/mol. The SMILES string of the molecule is Cc1ccnc(-n2c3ccccc3c3ccc(Oc4cccc(-n5cc(-c6c(C)cc(N7CCCC7)cc6C)cn5)c4)cc32)c1. The van der Waals surface area contributed by atoms with Gasteiger partial charge in [-0.05, 0) is 110 Å². The molecule has 4 heterocycles. The number of ether oxygens (including phenoxy) is 1. The van der Waals surface area contributed by atoms with E-state index >= 15 is 0 Å². The van der Waals surface area contributed by atoms with Gasteiger partial charge in [-0.25, -0.2) is 9.67 Å². The zero-order valence-corrected chi connectivity index (χ0v) is 25.9. The molecule has 222 valence electrons. The van der Waals surface area contributed by atoms with E-state index in [1.807, 2.05) is 47.4 Å². The molecule has 1 aliphatic heterocycles. The minimum Gasteiger partial charge on any atom is -0.457 e. The van der Waals surface area contributed by atoms with E-state index in [0.29, 0.717) is 0 Å². The molecule has 1 fully saturated rings. The highest BCUT2D eigenvalue weighted by molar-refractivity contribution is 6.09. The van der Waals surface area contributed by atoms with Crippen LogP contribution < -0.4 is 9.64 Å². The Labute approximate surface area is 263 Å². The van der Waals surface area contributed by atoms with Crippen LogP contribution in [0.15, 0.2) is 110 Å². The van der Waals surface area contributed by atoms with Crippen molar-refractivity contribution in [2.45, 2.75) is 33.6 Å². The minimum atomic E-state index is 0.752. The number of pyridine rings is 1. The van der Waals surface area contributed by atoms with Gasteiger partial charge in [0, 0.05) is 59.6 Å². The van der Waals surface area contributed by atoms with Crippen molar-refractivity contribution in [1.29, 1.82) is 0 Å². The third-order valence-corrected chi connectivity index (χ3v) is 8.95. The first-order chi connectivity index (χ1) is 22.0. The molecule has 0 unspecified atom stereocenters. The Balaban J connectivity index is 1.11. The maximum absolute atomic E-state index is 6.47. The number of rotatable bonds is 6. The van der Waals surface area contributed by atoms with E-state index in [2.05, 4.69) is 97.1 Å². The quantitative estimate of drug-likeness (QED) is 0.194. The molecule has 3 aromatic heterocycles. The molecule has 1 aliphatic rings. The maximum atomic E-state index is 6.47.